The topological polar surface area (TPSA) is 52.5 Å². The third kappa shape index (κ3) is 3.77. The number of nitrogens with one attached hydrogen (secondary N) is 1. The number of anilines is 1. The van der Waals surface area contributed by atoms with Crippen LogP contribution in [0.4, 0.5) is 5.69 Å². The van der Waals surface area contributed by atoms with Crippen molar-refractivity contribution in [1.29, 1.82) is 0 Å². The molecular weight excluding hydrogens is 330 g/mol. The van der Waals surface area contributed by atoms with Crippen LogP contribution in [0.2, 0.25) is 0 Å². The highest BCUT2D eigenvalue weighted by molar-refractivity contribution is 9.10. The van der Waals surface area contributed by atoms with E-state index in [0.29, 0.717) is 0 Å². The zero-order valence-electron chi connectivity index (χ0n) is 12.2. The van der Waals surface area contributed by atoms with E-state index in [-0.39, 0.29) is 11.8 Å². The second-order valence-corrected chi connectivity index (χ2v) is 5.99. The maximum Gasteiger partial charge on any atom is 0.120 e. The van der Waals surface area contributed by atoms with Crippen molar-refractivity contribution < 1.29 is 10.2 Å². The number of aliphatic hydroxyl groups excluding tert-OH is 1. The van der Waals surface area contributed by atoms with Gasteiger partial charge in [-0.2, -0.15) is 0 Å². The molecule has 2 atom stereocenters. The van der Waals surface area contributed by atoms with Crippen LogP contribution in [0.15, 0.2) is 46.9 Å². The van der Waals surface area contributed by atoms with Crippen molar-refractivity contribution in [3.63, 3.8) is 0 Å². The van der Waals surface area contributed by atoms with E-state index in [1.54, 1.807) is 13.0 Å². The Morgan fingerprint density at radius 2 is 1.86 bits per heavy atom. The van der Waals surface area contributed by atoms with E-state index in [1.165, 1.54) is 0 Å². The molecule has 0 aliphatic heterocycles. The van der Waals surface area contributed by atoms with Gasteiger partial charge in [0, 0.05) is 21.3 Å². The first-order valence-corrected chi connectivity index (χ1v) is 7.84. The van der Waals surface area contributed by atoms with Crippen LogP contribution in [0.25, 0.3) is 0 Å². The molecular formula is C17H20BrNO2. The molecule has 0 saturated heterocycles. The van der Waals surface area contributed by atoms with Crippen molar-refractivity contribution in [2.45, 2.75) is 32.4 Å². The van der Waals surface area contributed by atoms with Crippen molar-refractivity contribution in [1.82, 2.24) is 0 Å². The van der Waals surface area contributed by atoms with Crippen molar-refractivity contribution in [2.24, 2.45) is 0 Å². The zero-order chi connectivity index (χ0) is 15.4. The van der Waals surface area contributed by atoms with E-state index in [4.69, 9.17) is 0 Å². The van der Waals surface area contributed by atoms with Gasteiger partial charge in [0.05, 0.1) is 12.1 Å². The highest BCUT2D eigenvalue weighted by atomic mass is 79.9. The molecule has 0 aliphatic rings. The van der Waals surface area contributed by atoms with Gasteiger partial charge >= 0.3 is 0 Å². The number of phenolic OH excluding ortho intramolecular Hbond substituents is 1. The van der Waals surface area contributed by atoms with Crippen molar-refractivity contribution in [3.8, 4) is 5.75 Å². The van der Waals surface area contributed by atoms with Gasteiger partial charge in [0.15, 0.2) is 0 Å². The lowest BCUT2D eigenvalue weighted by Gasteiger charge is -2.22. The first-order chi connectivity index (χ1) is 10.0. The Morgan fingerprint density at radius 1 is 1.14 bits per heavy atom. The van der Waals surface area contributed by atoms with Gasteiger partial charge in [0.2, 0.25) is 0 Å². The van der Waals surface area contributed by atoms with Crippen LogP contribution in [0.5, 0.6) is 5.75 Å². The number of aliphatic hydroxyl groups is 1. The lowest BCUT2D eigenvalue weighted by molar-refractivity contribution is 0.200. The fourth-order valence-corrected chi connectivity index (χ4v) is 2.76. The lowest BCUT2D eigenvalue weighted by atomic mass is 10.0. The van der Waals surface area contributed by atoms with E-state index < -0.39 is 6.10 Å². The van der Waals surface area contributed by atoms with Crippen LogP contribution < -0.4 is 5.32 Å². The number of phenols is 1. The van der Waals surface area contributed by atoms with Gasteiger partial charge in [0.1, 0.15) is 5.75 Å². The molecule has 3 nitrogen and oxygen atoms in total. The van der Waals surface area contributed by atoms with Crippen molar-refractivity contribution in [3.05, 3.63) is 58.1 Å². The summed E-state index contributed by atoms with van der Waals surface area (Å²) in [6.07, 6.45) is 0.278. The van der Waals surface area contributed by atoms with E-state index in [9.17, 15) is 10.2 Å². The molecule has 2 aromatic rings. The maximum absolute atomic E-state index is 10.1. The molecule has 0 aliphatic carbocycles. The smallest absolute Gasteiger partial charge is 0.120 e. The average molecular weight is 350 g/mol. The third-order valence-electron chi connectivity index (χ3n) is 3.51. The Morgan fingerprint density at radius 3 is 2.52 bits per heavy atom. The largest absolute Gasteiger partial charge is 0.508 e. The Balaban J connectivity index is 2.34. The fraction of sp³-hybridized carbons (Fsp3) is 0.294. The molecule has 2 aromatic carbocycles. The number of hydrogen-bond donors (Lipinski definition) is 3. The second-order valence-electron chi connectivity index (χ2n) is 5.07. The summed E-state index contributed by atoms with van der Waals surface area (Å²) >= 11 is 3.44. The molecule has 0 heterocycles. The van der Waals surface area contributed by atoms with Gasteiger partial charge in [-0.15, -0.1) is 0 Å². The van der Waals surface area contributed by atoms with Crippen molar-refractivity contribution in [2.75, 3.05) is 5.32 Å². The predicted octanol–water partition coefficient (Wildman–Crippen LogP) is 4.77. The molecule has 0 fully saturated rings. The molecule has 21 heavy (non-hydrogen) atoms. The molecule has 0 amide bonds. The van der Waals surface area contributed by atoms with E-state index in [0.717, 1.165) is 27.7 Å². The van der Waals surface area contributed by atoms with Crippen LogP contribution in [0.3, 0.4) is 0 Å². The molecule has 2 rings (SSSR count). The number of hydrogen-bond acceptors (Lipinski definition) is 3. The SMILES string of the molecule is CCC(Nc1ccccc1C(C)O)c1cc(Br)ccc1O. The summed E-state index contributed by atoms with van der Waals surface area (Å²) in [4.78, 5) is 0. The van der Waals surface area contributed by atoms with Crippen molar-refractivity contribution >= 4 is 21.6 Å². The van der Waals surface area contributed by atoms with Gasteiger partial charge in [-0.1, -0.05) is 41.1 Å². The summed E-state index contributed by atoms with van der Waals surface area (Å²) < 4.78 is 0.930. The zero-order valence-corrected chi connectivity index (χ0v) is 13.8. The summed E-state index contributed by atoms with van der Waals surface area (Å²) in [5.41, 5.74) is 2.58. The first-order valence-electron chi connectivity index (χ1n) is 7.04. The van der Waals surface area contributed by atoms with Crippen LogP contribution in [0, 0.1) is 0 Å². The van der Waals surface area contributed by atoms with Gasteiger partial charge in [-0.25, -0.2) is 0 Å². The Bertz CT molecular complexity index is 613. The highest BCUT2D eigenvalue weighted by Crippen LogP contribution is 2.33. The number of rotatable bonds is 5. The minimum absolute atomic E-state index is 0.0256. The van der Waals surface area contributed by atoms with Gasteiger partial charge in [-0.3, -0.25) is 0 Å². The number of halogens is 1. The summed E-state index contributed by atoms with van der Waals surface area (Å²) in [6, 6.07) is 13.1. The van der Waals surface area contributed by atoms with Crippen LogP contribution in [-0.2, 0) is 0 Å². The molecule has 0 radical (unpaired) electrons. The van der Waals surface area contributed by atoms with Crippen LogP contribution >= 0.6 is 15.9 Å². The fourth-order valence-electron chi connectivity index (χ4n) is 2.38. The highest BCUT2D eigenvalue weighted by Gasteiger charge is 2.16. The number of aromatic hydroxyl groups is 1. The molecule has 112 valence electrons. The minimum atomic E-state index is -0.540. The Hall–Kier alpha value is -1.52. The van der Waals surface area contributed by atoms with E-state index >= 15 is 0 Å². The molecule has 0 bridgehead atoms. The Labute approximate surface area is 133 Å². The molecule has 3 N–H and O–H groups in total. The average Bonchev–Trinajstić information content (AvgIpc) is 2.47. The number of benzene rings is 2. The third-order valence-corrected chi connectivity index (χ3v) is 4.01. The minimum Gasteiger partial charge on any atom is -0.508 e. The van der Waals surface area contributed by atoms with E-state index in [1.807, 2.05) is 36.4 Å². The summed E-state index contributed by atoms with van der Waals surface area (Å²) in [7, 11) is 0. The number of para-hydroxylation sites is 1. The van der Waals surface area contributed by atoms with Gasteiger partial charge in [0.25, 0.3) is 0 Å². The van der Waals surface area contributed by atoms with Gasteiger partial charge in [-0.05, 0) is 37.6 Å². The lowest BCUT2D eigenvalue weighted by Crippen LogP contribution is -2.12. The summed E-state index contributed by atoms with van der Waals surface area (Å²) in [5, 5.41) is 23.4. The monoisotopic (exact) mass is 349 g/mol. The molecule has 0 saturated carbocycles. The first kappa shape index (κ1) is 15.9. The standard InChI is InChI=1S/C17H20BrNO2/c1-3-15(14-10-12(18)8-9-17(14)21)19-16-7-5-4-6-13(16)11(2)20/h4-11,15,19-21H,3H2,1-2H3. The predicted molar refractivity (Wildman–Crippen MR) is 89.5 cm³/mol. The quantitative estimate of drug-likeness (QED) is 0.728. The molecule has 0 aromatic heterocycles. The van der Waals surface area contributed by atoms with Gasteiger partial charge < -0.3 is 15.5 Å². The van der Waals surface area contributed by atoms with Crippen LogP contribution in [-0.4, -0.2) is 10.2 Å². The summed E-state index contributed by atoms with van der Waals surface area (Å²) in [5.74, 6) is 0.270. The Kier molecular flexibility index (Phi) is 5.26. The van der Waals surface area contributed by atoms with Crippen LogP contribution in [0.1, 0.15) is 43.5 Å². The summed E-state index contributed by atoms with van der Waals surface area (Å²) in [6.45, 7) is 3.81. The molecule has 4 heteroatoms. The maximum atomic E-state index is 10.1. The molecule has 2 unspecified atom stereocenters. The second kappa shape index (κ2) is 6.96. The molecule has 0 spiro atoms. The van der Waals surface area contributed by atoms with E-state index in [2.05, 4.69) is 28.2 Å². The normalized spacial score (nSPS) is 13.7.